The van der Waals surface area contributed by atoms with Crippen LogP contribution in [0.15, 0.2) is 24.5 Å². The van der Waals surface area contributed by atoms with E-state index in [9.17, 15) is 0 Å². The maximum Gasteiger partial charge on any atom is 0.132 e. The highest BCUT2D eigenvalue weighted by Gasteiger charge is 2.29. The van der Waals surface area contributed by atoms with Crippen molar-refractivity contribution in [2.45, 2.75) is 38.3 Å². The van der Waals surface area contributed by atoms with Crippen molar-refractivity contribution in [2.24, 2.45) is 5.73 Å². The number of nitrogens with two attached hydrogens (primary N) is 1. The van der Waals surface area contributed by atoms with Crippen LogP contribution in [0.4, 0.5) is 5.82 Å². The molecule has 0 aliphatic heterocycles. The second kappa shape index (κ2) is 8.47. The van der Waals surface area contributed by atoms with Gasteiger partial charge in [0.2, 0.25) is 0 Å². The molecule has 1 saturated carbocycles. The zero-order valence-corrected chi connectivity index (χ0v) is 15.1. The van der Waals surface area contributed by atoms with Crippen LogP contribution in [0.5, 0.6) is 0 Å². The lowest BCUT2D eigenvalue weighted by atomic mass is 9.78. The van der Waals surface area contributed by atoms with E-state index < -0.39 is 0 Å². The van der Waals surface area contributed by atoms with E-state index in [1.54, 1.807) is 6.20 Å². The summed E-state index contributed by atoms with van der Waals surface area (Å²) in [6.45, 7) is 3.66. The molecular weight excluding hydrogens is 335 g/mol. The molecule has 0 saturated heterocycles. The summed E-state index contributed by atoms with van der Waals surface area (Å²) in [5, 5.41) is 4.22. The summed E-state index contributed by atoms with van der Waals surface area (Å²) in [5.41, 5.74) is 7.01. The summed E-state index contributed by atoms with van der Waals surface area (Å²) >= 11 is 0. The third-order valence-electron chi connectivity index (χ3n) is 4.05. The SMILES string of the molecule is Cc1nc(C2CC(N)C2)cc(N(C)CCn2cccn2)n1.Cl.Cl. The summed E-state index contributed by atoms with van der Waals surface area (Å²) in [5.74, 6) is 2.30. The van der Waals surface area contributed by atoms with E-state index in [1.807, 2.05) is 23.9 Å². The lowest BCUT2D eigenvalue weighted by molar-refractivity contribution is 0.344. The second-order valence-corrected chi connectivity index (χ2v) is 5.82. The number of hydrogen-bond donors (Lipinski definition) is 1. The van der Waals surface area contributed by atoms with Gasteiger partial charge in [0.05, 0.1) is 6.54 Å². The molecular formula is C15H24Cl2N6. The Kier molecular flexibility index (Phi) is 7.25. The largest absolute Gasteiger partial charge is 0.358 e. The van der Waals surface area contributed by atoms with Gasteiger partial charge in [0.1, 0.15) is 11.6 Å². The summed E-state index contributed by atoms with van der Waals surface area (Å²) in [4.78, 5) is 11.3. The molecule has 2 N–H and O–H groups in total. The number of aromatic nitrogens is 4. The molecule has 128 valence electrons. The Bertz CT molecular complexity index is 598. The summed E-state index contributed by atoms with van der Waals surface area (Å²) < 4.78 is 1.93. The number of likely N-dealkylation sites (N-methyl/N-ethyl adjacent to an activating group) is 1. The van der Waals surface area contributed by atoms with Crippen molar-refractivity contribution in [3.63, 3.8) is 0 Å². The Morgan fingerprint density at radius 1 is 1.30 bits per heavy atom. The van der Waals surface area contributed by atoms with Crippen molar-refractivity contribution in [1.82, 2.24) is 19.7 Å². The average Bonchev–Trinajstić information content (AvgIpc) is 2.94. The van der Waals surface area contributed by atoms with Gasteiger partial charge < -0.3 is 10.6 Å². The Morgan fingerprint density at radius 2 is 2.04 bits per heavy atom. The van der Waals surface area contributed by atoms with Crippen molar-refractivity contribution < 1.29 is 0 Å². The fourth-order valence-electron chi connectivity index (χ4n) is 2.68. The molecule has 0 spiro atoms. The Balaban J connectivity index is 0.00000132. The highest BCUT2D eigenvalue weighted by Crippen LogP contribution is 2.35. The first kappa shape index (κ1) is 19.7. The van der Waals surface area contributed by atoms with E-state index in [2.05, 4.69) is 33.1 Å². The summed E-state index contributed by atoms with van der Waals surface area (Å²) in [6.07, 6.45) is 5.84. The topological polar surface area (TPSA) is 72.9 Å². The van der Waals surface area contributed by atoms with E-state index in [0.717, 1.165) is 43.3 Å². The van der Waals surface area contributed by atoms with Gasteiger partial charge in [0.25, 0.3) is 0 Å². The molecule has 1 fully saturated rings. The van der Waals surface area contributed by atoms with Crippen LogP contribution < -0.4 is 10.6 Å². The molecule has 0 unspecified atom stereocenters. The fourth-order valence-corrected chi connectivity index (χ4v) is 2.68. The molecule has 6 nitrogen and oxygen atoms in total. The number of halogens is 2. The van der Waals surface area contributed by atoms with Crippen LogP contribution in [0.25, 0.3) is 0 Å². The fraction of sp³-hybridized carbons (Fsp3) is 0.533. The maximum atomic E-state index is 5.88. The highest BCUT2D eigenvalue weighted by molar-refractivity contribution is 5.85. The van der Waals surface area contributed by atoms with E-state index in [4.69, 9.17) is 5.73 Å². The monoisotopic (exact) mass is 358 g/mol. The van der Waals surface area contributed by atoms with Crippen LogP contribution >= 0.6 is 24.8 Å². The minimum Gasteiger partial charge on any atom is -0.358 e. The third kappa shape index (κ3) is 4.80. The van der Waals surface area contributed by atoms with Crippen molar-refractivity contribution in [3.8, 4) is 0 Å². The van der Waals surface area contributed by atoms with Crippen molar-refractivity contribution in [1.29, 1.82) is 0 Å². The first-order valence-corrected chi connectivity index (χ1v) is 7.41. The highest BCUT2D eigenvalue weighted by atomic mass is 35.5. The van der Waals surface area contributed by atoms with E-state index in [0.29, 0.717) is 12.0 Å². The first-order valence-electron chi connectivity index (χ1n) is 7.41. The van der Waals surface area contributed by atoms with Crippen molar-refractivity contribution in [2.75, 3.05) is 18.5 Å². The molecule has 2 aromatic heterocycles. The van der Waals surface area contributed by atoms with E-state index in [-0.39, 0.29) is 24.8 Å². The van der Waals surface area contributed by atoms with Gasteiger partial charge in [-0.15, -0.1) is 24.8 Å². The van der Waals surface area contributed by atoms with Crippen LogP contribution in [0.1, 0.15) is 30.3 Å². The number of nitrogens with zero attached hydrogens (tertiary/aromatic N) is 5. The molecule has 2 aromatic rings. The molecule has 0 amide bonds. The molecule has 3 rings (SSSR count). The minimum absolute atomic E-state index is 0. The smallest absolute Gasteiger partial charge is 0.132 e. The molecule has 0 atom stereocenters. The Morgan fingerprint density at radius 3 is 2.65 bits per heavy atom. The van der Waals surface area contributed by atoms with Crippen LogP contribution in [0, 0.1) is 6.92 Å². The van der Waals surface area contributed by atoms with Gasteiger partial charge in [-0.3, -0.25) is 4.68 Å². The van der Waals surface area contributed by atoms with E-state index >= 15 is 0 Å². The predicted octanol–water partition coefficient (Wildman–Crippen LogP) is 2.17. The summed E-state index contributed by atoms with van der Waals surface area (Å²) in [7, 11) is 2.06. The lowest BCUT2D eigenvalue weighted by Gasteiger charge is -2.32. The number of rotatable bonds is 5. The molecule has 0 radical (unpaired) electrons. The van der Waals surface area contributed by atoms with Crippen molar-refractivity contribution >= 4 is 30.6 Å². The molecule has 0 aromatic carbocycles. The minimum atomic E-state index is 0. The second-order valence-electron chi connectivity index (χ2n) is 5.82. The molecule has 1 aliphatic rings. The normalized spacial score (nSPS) is 19.3. The zero-order valence-electron chi connectivity index (χ0n) is 13.4. The van der Waals surface area contributed by atoms with Gasteiger partial charge in [0.15, 0.2) is 0 Å². The van der Waals surface area contributed by atoms with Crippen LogP contribution in [-0.2, 0) is 6.54 Å². The summed E-state index contributed by atoms with van der Waals surface area (Å²) in [6, 6.07) is 4.38. The number of aryl methyl sites for hydroxylation is 1. The zero-order chi connectivity index (χ0) is 14.8. The molecule has 23 heavy (non-hydrogen) atoms. The molecule has 1 aliphatic carbocycles. The lowest BCUT2D eigenvalue weighted by Crippen LogP contribution is -2.35. The average molecular weight is 359 g/mol. The quantitative estimate of drug-likeness (QED) is 0.886. The van der Waals surface area contributed by atoms with Gasteiger partial charge in [-0.05, 0) is 25.8 Å². The van der Waals surface area contributed by atoms with Gasteiger partial charge in [-0.2, -0.15) is 5.10 Å². The van der Waals surface area contributed by atoms with Crippen LogP contribution in [0.2, 0.25) is 0 Å². The van der Waals surface area contributed by atoms with Gasteiger partial charge in [-0.25, -0.2) is 9.97 Å². The Hall–Kier alpha value is -1.37. The van der Waals surface area contributed by atoms with Crippen LogP contribution in [0.3, 0.4) is 0 Å². The van der Waals surface area contributed by atoms with Gasteiger partial charge in [0, 0.05) is 49.7 Å². The van der Waals surface area contributed by atoms with Crippen LogP contribution in [-0.4, -0.2) is 39.4 Å². The standard InChI is InChI=1S/C15H22N6.2ClH/c1-11-18-14(12-8-13(16)9-12)10-15(19-11)20(2)6-7-21-5-3-4-17-21;;/h3-5,10,12-13H,6-9,16H2,1-2H3;2*1H. The van der Waals surface area contributed by atoms with Gasteiger partial charge in [-0.1, -0.05) is 0 Å². The molecule has 2 heterocycles. The van der Waals surface area contributed by atoms with E-state index in [1.165, 1.54) is 0 Å². The predicted molar refractivity (Wildman–Crippen MR) is 96.7 cm³/mol. The molecule has 0 bridgehead atoms. The number of anilines is 1. The van der Waals surface area contributed by atoms with Crippen molar-refractivity contribution in [3.05, 3.63) is 36.0 Å². The molecule has 8 heteroatoms. The third-order valence-corrected chi connectivity index (χ3v) is 4.05. The first-order chi connectivity index (χ1) is 10.1. The Labute approximate surface area is 149 Å². The number of hydrogen-bond acceptors (Lipinski definition) is 5. The maximum absolute atomic E-state index is 5.88. The van der Waals surface area contributed by atoms with Gasteiger partial charge >= 0.3 is 0 Å².